The number of urea groups is 1. The molecule has 14 nitrogen and oxygen atoms in total. The number of hydrogen-bond acceptors (Lipinski definition) is 11. The molecule has 2 atom stereocenters. The van der Waals surface area contributed by atoms with Gasteiger partial charge >= 0.3 is 12.0 Å². The van der Waals surface area contributed by atoms with Crippen molar-refractivity contribution in [2.75, 3.05) is 20.3 Å². The third-order valence-corrected chi connectivity index (χ3v) is 7.71. The van der Waals surface area contributed by atoms with Gasteiger partial charge in [0, 0.05) is 27.9 Å². The standard InChI is InChI=1S/C31H31Br2N5O9/c1-4-45-25-12-19(28-27(30(40)44-3)17(2)35-31(41)36-28)7-10-24(25)46-16-26(39)37-34-14-20-11-21(32)13-23(33)29(20)47-15-18-5-8-22(9-6-18)38(42)43/h5-14,26,28,37,39H,4,15-16H2,1-3H3,(H2,35,36,41)/b34-14+/t26-,28+/m0/s1. The maximum absolute atomic E-state index is 12.5. The molecule has 248 valence electrons. The van der Waals surface area contributed by atoms with Gasteiger partial charge in [0.1, 0.15) is 19.0 Å². The molecule has 4 N–H and O–H groups in total. The third kappa shape index (κ3) is 9.21. The smallest absolute Gasteiger partial charge is 0.337 e. The number of benzene rings is 3. The minimum absolute atomic E-state index is 0.0138. The molecule has 0 aromatic heterocycles. The second-order valence-electron chi connectivity index (χ2n) is 9.93. The third-order valence-electron chi connectivity index (χ3n) is 6.67. The number of hydrogen-bond donors (Lipinski definition) is 4. The molecule has 0 spiro atoms. The summed E-state index contributed by atoms with van der Waals surface area (Å²) >= 11 is 6.93. The maximum atomic E-state index is 12.5. The van der Waals surface area contributed by atoms with Crippen molar-refractivity contribution in [3.05, 3.63) is 102 Å². The van der Waals surface area contributed by atoms with Crippen LogP contribution in [-0.4, -0.2) is 54.8 Å². The van der Waals surface area contributed by atoms with Gasteiger partial charge in [-0.25, -0.2) is 9.59 Å². The molecule has 16 heteroatoms. The molecule has 47 heavy (non-hydrogen) atoms. The molecular formula is C31H31Br2N5O9. The van der Waals surface area contributed by atoms with Crippen molar-refractivity contribution < 1.29 is 38.6 Å². The molecule has 3 aromatic carbocycles. The largest absolute Gasteiger partial charge is 0.490 e. The van der Waals surface area contributed by atoms with Gasteiger partial charge in [-0.2, -0.15) is 5.10 Å². The molecule has 0 radical (unpaired) electrons. The summed E-state index contributed by atoms with van der Waals surface area (Å²) in [7, 11) is 1.26. The van der Waals surface area contributed by atoms with E-state index in [1.165, 1.54) is 25.5 Å². The number of nitrogens with one attached hydrogen (secondary N) is 3. The summed E-state index contributed by atoms with van der Waals surface area (Å²) in [5, 5.41) is 30.9. The van der Waals surface area contributed by atoms with Crippen LogP contribution >= 0.6 is 31.9 Å². The summed E-state index contributed by atoms with van der Waals surface area (Å²) in [6.07, 6.45) is 0.243. The Labute approximate surface area is 286 Å². The van der Waals surface area contributed by atoms with Crippen LogP contribution in [0.5, 0.6) is 17.2 Å². The summed E-state index contributed by atoms with van der Waals surface area (Å²) in [5.41, 5.74) is 5.08. The highest BCUT2D eigenvalue weighted by Crippen LogP contribution is 2.35. The number of amides is 2. The van der Waals surface area contributed by atoms with E-state index in [0.29, 0.717) is 45.2 Å². The highest BCUT2D eigenvalue weighted by atomic mass is 79.9. The number of methoxy groups -OCH3 is 1. The van der Waals surface area contributed by atoms with E-state index in [1.807, 2.05) is 0 Å². The lowest BCUT2D eigenvalue weighted by Gasteiger charge is -2.28. The van der Waals surface area contributed by atoms with E-state index in [9.17, 15) is 24.8 Å². The van der Waals surface area contributed by atoms with Gasteiger partial charge in [-0.15, -0.1) is 0 Å². The minimum Gasteiger partial charge on any atom is -0.490 e. The van der Waals surface area contributed by atoms with Crippen LogP contribution in [-0.2, 0) is 16.1 Å². The predicted octanol–water partition coefficient (Wildman–Crippen LogP) is 5.22. The Hall–Kier alpha value is -4.67. The Morgan fingerprint density at radius 2 is 1.87 bits per heavy atom. The number of nitrogens with zero attached hydrogens (tertiary/aromatic N) is 2. The highest BCUT2D eigenvalue weighted by Gasteiger charge is 2.32. The van der Waals surface area contributed by atoms with Gasteiger partial charge in [0.2, 0.25) is 0 Å². The normalized spacial score (nSPS) is 15.0. The highest BCUT2D eigenvalue weighted by molar-refractivity contribution is 9.11. The van der Waals surface area contributed by atoms with Gasteiger partial charge in [-0.05, 0) is 77.3 Å². The van der Waals surface area contributed by atoms with Gasteiger partial charge in [0.05, 0.1) is 40.9 Å². The fourth-order valence-electron chi connectivity index (χ4n) is 4.51. The zero-order chi connectivity index (χ0) is 34.1. The van der Waals surface area contributed by atoms with Crippen molar-refractivity contribution in [1.29, 1.82) is 0 Å². The summed E-state index contributed by atoms with van der Waals surface area (Å²) in [4.78, 5) is 35.1. The Balaban J connectivity index is 1.42. The molecule has 0 fully saturated rings. The molecule has 1 aliphatic rings. The lowest BCUT2D eigenvalue weighted by atomic mass is 9.95. The second kappa shape index (κ2) is 16.2. The zero-order valence-corrected chi connectivity index (χ0v) is 28.6. The van der Waals surface area contributed by atoms with Crippen LogP contribution in [0.3, 0.4) is 0 Å². The van der Waals surface area contributed by atoms with Gasteiger partial charge in [-0.1, -0.05) is 22.0 Å². The average molecular weight is 777 g/mol. The predicted molar refractivity (Wildman–Crippen MR) is 178 cm³/mol. The van der Waals surface area contributed by atoms with Crippen LogP contribution in [0.4, 0.5) is 10.5 Å². The second-order valence-corrected chi connectivity index (χ2v) is 11.7. The first-order valence-corrected chi connectivity index (χ1v) is 15.7. The molecule has 1 aliphatic heterocycles. The number of allylic oxidation sites excluding steroid dienone is 1. The molecule has 0 saturated heterocycles. The van der Waals surface area contributed by atoms with Crippen LogP contribution < -0.4 is 30.3 Å². The number of hydrazone groups is 1. The van der Waals surface area contributed by atoms with E-state index in [4.69, 9.17) is 18.9 Å². The number of nitro groups is 1. The van der Waals surface area contributed by atoms with Crippen LogP contribution in [0.25, 0.3) is 0 Å². The van der Waals surface area contributed by atoms with Gasteiger partial charge < -0.3 is 34.7 Å². The molecule has 2 amide bonds. The number of non-ortho nitro benzene ring substituents is 1. The lowest BCUT2D eigenvalue weighted by molar-refractivity contribution is -0.384. The summed E-state index contributed by atoms with van der Waals surface area (Å²) in [5.74, 6) is 0.532. The lowest BCUT2D eigenvalue weighted by Crippen LogP contribution is -2.45. The van der Waals surface area contributed by atoms with Crippen molar-refractivity contribution in [3.8, 4) is 17.2 Å². The topological polar surface area (TPSA) is 183 Å². The van der Waals surface area contributed by atoms with E-state index in [-0.39, 0.29) is 24.5 Å². The Morgan fingerprint density at radius 1 is 1.13 bits per heavy atom. The van der Waals surface area contributed by atoms with Crippen LogP contribution in [0.15, 0.2) is 79.9 Å². The number of aliphatic hydroxyl groups excluding tert-OH is 1. The molecule has 1 heterocycles. The zero-order valence-electron chi connectivity index (χ0n) is 25.4. The molecule has 4 rings (SSSR count). The number of halogens is 2. The van der Waals surface area contributed by atoms with Crippen molar-refractivity contribution in [2.45, 2.75) is 32.7 Å². The molecule has 0 saturated carbocycles. The molecule has 0 unspecified atom stereocenters. The van der Waals surface area contributed by atoms with E-state index < -0.39 is 29.2 Å². The quantitative estimate of drug-likeness (QED) is 0.0557. The SMILES string of the molecule is CCOc1cc([C@H]2NC(=O)NC(C)=C2C(=O)OC)ccc1OC[C@H](O)N/N=C/c1cc(Br)cc(Br)c1OCc1ccc([N+](=O)[O-])cc1. The Bertz CT molecular complexity index is 1700. The number of carbonyl (C=O) groups is 2. The van der Waals surface area contributed by atoms with Crippen molar-refractivity contribution in [2.24, 2.45) is 5.10 Å². The molecule has 0 aliphatic carbocycles. The van der Waals surface area contributed by atoms with E-state index in [2.05, 4.69) is 53.0 Å². The van der Waals surface area contributed by atoms with E-state index >= 15 is 0 Å². The van der Waals surface area contributed by atoms with Crippen molar-refractivity contribution >= 4 is 55.8 Å². The number of carbonyl (C=O) groups excluding carboxylic acids is 2. The number of ether oxygens (including phenoxy) is 4. The minimum atomic E-state index is -1.22. The first kappa shape index (κ1) is 35.2. The summed E-state index contributed by atoms with van der Waals surface area (Å²) < 4.78 is 23.8. The van der Waals surface area contributed by atoms with Crippen LogP contribution in [0.2, 0.25) is 0 Å². The first-order chi connectivity index (χ1) is 22.5. The molecule has 0 bridgehead atoms. The number of rotatable bonds is 14. The fraction of sp³-hybridized carbons (Fsp3) is 0.258. The number of nitro benzene ring substituents is 1. The Morgan fingerprint density at radius 3 is 2.55 bits per heavy atom. The van der Waals surface area contributed by atoms with Crippen LogP contribution in [0, 0.1) is 10.1 Å². The van der Waals surface area contributed by atoms with Crippen molar-refractivity contribution in [3.63, 3.8) is 0 Å². The average Bonchev–Trinajstić information content (AvgIpc) is 3.03. The first-order valence-electron chi connectivity index (χ1n) is 14.1. The molecule has 3 aromatic rings. The number of aliphatic hydroxyl groups is 1. The molecular weight excluding hydrogens is 746 g/mol. The Kier molecular flexibility index (Phi) is 12.2. The van der Waals surface area contributed by atoms with Gasteiger partial charge in [-0.3, -0.25) is 15.5 Å². The summed E-state index contributed by atoms with van der Waals surface area (Å²) in [6.45, 7) is 3.65. The number of esters is 1. The van der Waals surface area contributed by atoms with Gasteiger partial charge in [0.15, 0.2) is 17.7 Å². The van der Waals surface area contributed by atoms with E-state index in [1.54, 1.807) is 56.3 Å². The fourth-order valence-corrected chi connectivity index (χ4v) is 5.89. The van der Waals surface area contributed by atoms with Gasteiger partial charge in [0.25, 0.3) is 5.69 Å². The van der Waals surface area contributed by atoms with Crippen LogP contribution in [0.1, 0.15) is 36.6 Å². The summed E-state index contributed by atoms with van der Waals surface area (Å²) in [6, 6.07) is 13.3. The van der Waals surface area contributed by atoms with Crippen molar-refractivity contribution in [1.82, 2.24) is 16.1 Å². The maximum Gasteiger partial charge on any atom is 0.337 e. The van der Waals surface area contributed by atoms with E-state index in [0.717, 1.165) is 10.0 Å². The monoisotopic (exact) mass is 775 g/mol.